The van der Waals surface area contributed by atoms with E-state index in [-0.39, 0.29) is 17.7 Å². The maximum absolute atomic E-state index is 12.7. The van der Waals surface area contributed by atoms with Gasteiger partial charge >= 0.3 is 5.97 Å². The molecule has 2 N–H and O–H groups in total. The van der Waals surface area contributed by atoms with Crippen LogP contribution in [-0.4, -0.2) is 26.8 Å². The Bertz CT molecular complexity index is 827. The van der Waals surface area contributed by atoms with Gasteiger partial charge < -0.3 is 10.4 Å². The molecular formula is C20H23N3O3. The lowest BCUT2D eigenvalue weighted by Gasteiger charge is -2.26. The van der Waals surface area contributed by atoms with Gasteiger partial charge in [0.05, 0.1) is 18.4 Å². The van der Waals surface area contributed by atoms with Crippen molar-refractivity contribution in [2.24, 2.45) is 23.7 Å². The largest absolute Gasteiger partial charge is 0.481 e. The molecule has 0 unspecified atom stereocenters. The van der Waals surface area contributed by atoms with Crippen LogP contribution in [0.2, 0.25) is 0 Å². The zero-order chi connectivity index (χ0) is 18.3. The number of carbonyl (C=O) groups is 2. The Labute approximate surface area is 152 Å². The smallest absolute Gasteiger partial charge is 0.307 e. The number of anilines is 1. The number of nitrogens with zero attached hydrogens (tertiary/aromatic N) is 2. The summed E-state index contributed by atoms with van der Waals surface area (Å²) in [7, 11) is 0. The summed E-state index contributed by atoms with van der Waals surface area (Å²) in [6.07, 6.45) is 4.56. The molecule has 1 aromatic carbocycles. The highest BCUT2D eigenvalue weighted by Gasteiger charge is 2.54. The van der Waals surface area contributed by atoms with Gasteiger partial charge in [-0.05, 0) is 43.6 Å². The fraction of sp³-hybridized carbons (Fsp3) is 0.450. The number of hydrogen-bond acceptors (Lipinski definition) is 3. The van der Waals surface area contributed by atoms with Crippen LogP contribution in [0.3, 0.4) is 0 Å². The third kappa shape index (κ3) is 3.11. The fourth-order valence-corrected chi connectivity index (χ4v) is 4.63. The summed E-state index contributed by atoms with van der Waals surface area (Å²) in [5.41, 5.74) is 2.34. The second-order valence-electron chi connectivity index (χ2n) is 7.60. The second-order valence-corrected chi connectivity index (χ2v) is 7.60. The number of amides is 1. The van der Waals surface area contributed by atoms with Gasteiger partial charge in [0.2, 0.25) is 5.91 Å². The predicted molar refractivity (Wildman–Crippen MR) is 96.6 cm³/mol. The van der Waals surface area contributed by atoms with Crippen molar-refractivity contribution >= 4 is 17.7 Å². The van der Waals surface area contributed by atoms with Crippen molar-refractivity contribution in [2.75, 3.05) is 5.32 Å². The maximum atomic E-state index is 12.7. The SMILES string of the molecule is Cc1ccc(Cn2ccc(NC(=O)[C@H]3[C@H]4CC[C@@H](C4)[C@@H]3C(=O)O)n2)cc1. The predicted octanol–water partition coefficient (Wildman–Crippen LogP) is 2.93. The quantitative estimate of drug-likeness (QED) is 0.866. The van der Waals surface area contributed by atoms with Gasteiger partial charge in [-0.3, -0.25) is 14.3 Å². The summed E-state index contributed by atoms with van der Waals surface area (Å²) in [6, 6.07) is 9.99. The van der Waals surface area contributed by atoms with Crippen LogP contribution in [0.25, 0.3) is 0 Å². The first-order valence-corrected chi connectivity index (χ1v) is 9.14. The average Bonchev–Trinajstić information content (AvgIpc) is 3.32. The lowest BCUT2D eigenvalue weighted by atomic mass is 9.79. The van der Waals surface area contributed by atoms with E-state index < -0.39 is 17.8 Å². The number of carboxylic acid groups (broad SMARTS) is 1. The van der Waals surface area contributed by atoms with Gasteiger partial charge in [0.25, 0.3) is 0 Å². The minimum atomic E-state index is -0.845. The van der Waals surface area contributed by atoms with E-state index >= 15 is 0 Å². The molecule has 2 saturated carbocycles. The standard InChI is InChI=1S/C20H23N3O3/c1-12-2-4-13(5-3-12)11-23-9-8-16(22-23)21-19(24)17-14-6-7-15(10-14)18(17)20(25)26/h2-5,8-9,14-15,17-18H,6-7,10-11H2,1H3,(H,25,26)(H,21,22,24)/t14-,15-,17-,18-/m0/s1. The summed E-state index contributed by atoms with van der Waals surface area (Å²) in [6.45, 7) is 2.67. The van der Waals surface area contributed by atoms with E-state index in [0.717, 1.165) is 24.8 Å². The Morgan fingerprint density at radius 2 is 1.85 bits per heavy atom. The van der Waals surface area contributed by atoms with Crippen molar-refractivity contribution in [3.05, 3.63) is 47.7 Å². The highest BCUT2D eigenvalue weighted by atomic mass is 16.4. The molecule has 6 nitrogen and oxygen atoms in total. The Kier molecular flexibility index (Phi) is 4.26. The first kappa shape index (κ1) is 16.8. The molecule has 6 heteroatoms. The van der Waals surface area contributed by atoms with E-state index in [2.05, 4.69) is 34.7 Å². The molecule has 136 valence electrons. The Hall–Kier alpha value is -2.63. The molecule has 2 aliphatic rings. The van der Waals surface area contributed by atoms with Gasteiger partial charge in [-0.1, -0.05) is 29.8 Å². The van der Waals surface area contributed by atoms with E-state index in [9.17, 15) is 14.7 Å². The molecule has 0 spiro atoms. The molecular weight excluding hydrogens is 330 g/mol. The molecule has 1 heterocycles. The van der Waals surface area contributed by atoms with E-state index in [0.29, 0.717) is 12.4 Å². The molecule has 2 fully saturated rings. The van der Waals surface area contributed by atoms with Gasteiger partial charge in [0, 0.05) is 12.3 Å². The van der Waals surface area contributed by atoms with Gasteiger partial charge in [0.1, 0.15) is 0 Å². The molecule has 0 saturated heterocycles. The van der Waals surface area contributed by atoms with E-state index in [1.165, 1.54) is 5.56 Å². The van der Waals surface area contributed by atoms with Gasteiger partial charge in [-0.25, -0.2) is 0 Å². The molecule has 2 bridgehead atoms. The van der Waals surface area contributed by atoms with Crippen LogP contribution in [0.15, 0.2) is 36.5 Å². The number of carboxylic acids is 1. The third-order valence-corrected chi connectivity index (χ3v) is 5.86. The summed E-state index contributed by atoms with van der Waals surface area (Å²) in [5.74, 6) is -1.22. The molecule has 4 rings (SSSR count). The van der Waals surface area contributed by atoms with Gasteiger partial charge in [-0.15, -0.1) is 0 Å². The number of hydrogen-bond donors (Lipinski definition) is 2. The minimum absolute atomic E-state index is 0.146. The van der Waals surface area contributed by atoms with Crippen LogP contribution in [0, 0.1) is 30.6 Å². The third-order valence-electron chi connectivity index (χ3n) is 5.86. The average molecular weight is 353 g/mol. The normalized spacial score (nSPS) is 26.8. The van der Waals surface area contributed by atoms with Crippen molar-refractivity contribution in [1.82, 2.24) is 9.78 Å². The Morgan fingerprint density at radius 1 is 1.15 bits per heavy atom. The highest BCUT2D eigenvalue weighted by molar-refractivity contribution is 5.95. The van der Waals surface area contributed by atoms with Crippen molar-refractivity contribution < 1.29 is 14.7 Å². The van der Waals surface area contributed by atoms with Gasteiger partial charge in [0.15, 0.2) is 5.82 Å². The van der Waals surface area contributed by atoms with Crippen LogP contribution in [-0.2, 0) is 16.1 Å². The topological polar surface area (TPSA) is 84.2 Å². The maximum Gasteiger partial charge on any atom is 0.307 e. The lowest BCUT2D eigenvalue weighted by Crippen LogP contribution is -2.37. The Balaban J connectivity index is 1.43. The molecule has 4 atom stereocenters. The monoisotopic (exact) mass is 353 g/mol. The van der Waals surface area contributed by atoms with Crippen LogP contribution >= 0.6 is 0 Å². The van der Waals surface area contributed by atoms with Crippen molar-refractivity contribution in [1.29, 1.82) is 0 Å². The summed E-state index contributed by atoms with van der Waals surface area (Å²) in [4.78, 5) is 24.3. The minimum Gasteiger partial charge on any atom is -0.481 e. The van der Waals surface area contributed by atoms with Crippen LogP contribution in [0.5, 0.6) is 0 Å². The van der Waals surface area contributed by atoms with E-state index in [1.54, 1.807) is 10.7 Å². The van der Waals surface area contributed by atoms with Crippen molar-refractivity contribution in [3.63, 3.8) is 0 Å². The molecule has 2 aliphatic carbocycles. The highest BCUT2D eigenvalue weighted by Crippen LogP contribution is 2.52. The number of aromatic nitrogens is 2. The van der Waals surface area contributed by atoms with Crippen LogP contribution < -0.4 is 5.32 Å². The summed E-state index contributed by atoms with van der Waals surface area (Å²) in [5, 5.41) is 16.8. The molecule has 2 aromatic rings. The zero-order valence-corrected chi connectivity index (χ0v) is 14.8. The first-order chi connectivity index (χ1) is 12.5. The van der Waals surface area contributed by atoms with Crippen LogP contribution in [0.1, 0.15) is 30.4 Å². The molecule has 0 radical (unpaired) electrons. The number of rotatable bonds is 5. The number of fused-ring (bicyclic) bond motifs is 2. The number of aryl methyl sites for hydroxylation is 1. The number of nitrogens with one attached hydrogen (secondary N) is 1. The molecule has 1 aromatic heterocycles. The summed E-state index contributed by atoms with van der Waals surface area (Å²) < 4.78 is 1.77. The second kappa shape index (κ2) is 6.59. The number of aliphatic carboxylic acids is 1. The van der Waals surface area contributed by atoms with E-state index in [1.807, 2.05) is 13.1 Å². The number of carbonyl (C=O) groups excluding carboxylic acids is 1. The first-order valence-electron chi connectivity index (χ1n) is 9.14. The zero-order valence-electron chi connectivity index (χ0n) is 14.8. The molecule has 26 heavy (non-hydrogen) atoms. The fourth-order valence-electron chi connectivity index (χ4n) is 4.63. The molecule has 1 amide bonds. The van der Waals surface area contributed by atoms with Crippen LogP contribution in [0.4, 0.5) is 5.82 Å². The van der Waals surface area contributed by atoms with Crippen molar-refractivity contribution in [3.8, 4) is 0 Å². The number of benzene rings is 1. The lowest BCUT2D eigenvalue weighted by molar-refractivity contribution is -0.148. The molecule has 0 aliphatic heterocycles. The van der Waals surface area contributed by atoms with Gasteiger partial charge in [-0.2, -0.15) is 5.10 Å². The van der Waals surface area contributed by atoms with E-state index in [4.69, 9.17) is 0 Å². The Morgan fingerprint density at radius 3 is 2.54 bits per heavy atom. The van der Waals surface area contributed by atoms with Crippen molar-refractivity contribution in [2.45, 2.75) is 32.7 Å². The summed E-state index contributed by atoms with van der Waals surface area (Å²) >= 11 is 0.